The van der Waals surface area contributed by atoms with Crippen LogP contribution in [0.4, 0.5) is 0 Å². The Morgan fingerprint density at radius 3 is 2.58 bits per heavy atom. The summed E-state index contributed by atoms with van der Waals surface area (Å²) in [5, 5.41) is 9.81. The maximum absolute atomic E-state index is 13.3. The first-order chi connectivity index (χ1) is 14.9. The third kappa shape index (κ3) is 2.84. The van der Waals surface area contributed by atoms with Crippen molar-refractivity contribution in [2.75, 3.05) is 0 Å². The topological polar surface area (TPSA) is 75.5 Å². The summed E-state index contributed by atoms with van der Waals surface area (Å²) in [4.78, 5) is 18.0. The maximum atomic E-state index is 13.3. The molecule has 1 aromatic carbocycles. The van der Waals surface area contributed by atoms with Gasteiger partial charge in [-0.2, -0.15) is 10.2 Å². The van der Waals surface area contributed by atoms with Gasteiger partial charge in [-0.05, 0) is 31.5 Å². The summed E-state index contributed by atoms with van der Waals surface area (Å²) in [7, 11) is 5.76. The van der Waals surface area contributed by atoms with Gasteiger partial charge in [0.05, 0.1) is 40.3 Å². The van der Waals surface area contributed by atoms with Crippen LogP contribution in [-0.4, -0.2) is 41.0 Å². The molecule has 0 spiro atoms. The van der Waals surface area contributed by atoms with E-state index in [-0.39, 0.29) is 5.69 Å². The second-order valence-electron chi connectivity index (χ2n) is 7.77. The van der Waals surface area contributed by atoms with E-state index < -0.39 is 0 Å². The van der Waals surface area contributed by atoms with Crippen LogP contribution in [0.1, 0.15) is 12.6 Å². The average molecular weight is 412 g/mol. The molecule has 1 radical (unpaired) electrons. The lowest BCUT2D eigenvalue weighted by molar-refractivity contribution is 0.653. The number of aromatic nitrogens is 7. The molecule has 0 N–H and O–H groups in total. The van der Waals surface area contributed by atoms with Gasteiger partial charge in [-0.15, -0.1) is 0 Å². The quantitative estimate of drug-likeness (QED) is 0.424. The summed E-state index contributed by atoms with van der Waals surface area (Å²) in [6, 6.07) is 4.19. The van der Waals surface area contributed by atoms with Gasteiger partial charge in [0, 0.05) is 44.0 Å². The number of hydrogen-bond acceptors (Lipinski definition) is 4. The molecule has 155 valence electrons. The van der Waals surface area contributed by atoms with Crippen molar-refractivity contribution in [3.8, 4) is 16.8 Å². The molecule has 0 saturated heterocycles. The summed E-state index contributed by atoms with van der Waals surface area (Å²) in [5.41, 5.74) is 7.11. The van der Waals surface area contributed by atoms with Crippen molar-refractivity contribution >= 4 is 34.7 Å². The van der Waals surface area contributed by atoms with Crippen molar-refractivity contribution < 1.29 is 0 Å². The number of benzene rings is 1. The third-order valence-electron chi connectivity index (χ3n) is 5.87. The SMILES string of the molecule is C[B]c1cc2ncc3c(c2cc1-c1cnn(C)c1)n(-c1cn(CC)nc1C)c(=O)n3C. The number of aryl methyl sites for hydroxylation is 4. The number of imidazole rings is 1. The van der Waals surface area contributed by atoms with E-state index >= 15 is 0 Å². The minimum Gasteiger partial charge on any atom is -0.293 e. The lowest BCUT2D eigenvalue weighted by Crippen LogP contribution is -2.21. The highest BCUT2D eigenvalue weighted by molar-refractivity contribution is 6.54. The summed E-state index contributed by atoms with van der Waals surface area (Å²) in [5.74, 6) is 0. The number of fused-ring (bicyclic) bond motifs is 3. The molecule has 4 aromatic heterocycles. The van der Waals surface area contributed by atoms with E-state index in [1.54, 1.807) is 27.1 Å². The summed E-state index contributed by atoms with van der Waals surface area (Å²) in [6.45, 7) is 6.72. The number of nitrogens with zero attached hydrogens (tertiary/aromatic N) is 7. The van der Waals surface area contributed by atoms with Crippen LogP contribution in [0.15, 0.2) is 41.7 Å². The fourth-order valence-corrected chi connectivity index (χ4v) is 4.22. The molecule has 9 heteroatoms. The molecule has 0 bridgehead atoms. The summed E-state index contributed by atoms with van der Waals surface area (Å²) >= 11 is 0. The van der Waals surface area contributed by atoms with Crippen molar-refractivity contribution in [2.45, 2.75) is 27.2 Å². The van der Waals surface area contributed by atoms with Crippen molar-refractivity contribution in [3.63, 3.8) is 0 Å². The molecule has 0 saturated carbocycles. The van der Waals surface area contributed by atoms with Crippen LogP contribution >= 0.6 is 0 Å². The first kappa shape index (κ1) is 19.4. The largest absolute Gasteiger partial charge is 0.333 e. The molecule has 4 heterocycles. The second-order valence-corrected chi connectivity index (χ2v) is 7.77. The average Bonchev–Trinajstić information content (AvgIpc) is 3.43. The lowest BCUT2D eigenvalue weighted by Gasteiger charge is -2.10. The maximum Gasteiger partial charge on any atom is 0.333 e. The molecule has 5 rings (SSSR count). The van der Waals surface area contributed by atoms with Crippen molar-refractivity contribution in [2.24, 2.45) is 14.1 Å². The zero-order valence-electron chi connectivity index (χ0n) is 18.3. The van der Waals surface area contributed by atoms with Crippen LogP contribution in [0.2, 0.25) is 6.82 Å². The summed E-state index contributed by atoms with van der Waals surface area (Å²) in [6.07, 6.45) is 7.56. The molecular formula is C22H23BN7O. The Hall–Kier alpha value is -3.62. The van der Waals surface area contributed by atoms with Crippen molar-refractivity contribution in [3.05, 3.63) is 53.1 Å². The van der Waals surface area contributed by atoms with Crippen LogP contribution < -0.4 is 11.2 Å². The third-order valence-corrected chi connectivity index (χ3v) is 5.87. The Balaban J connectivity index is 1.92. The van der Waals surface area contributed by atoms with Gasteiger partial charge in [-0.1, -0.05) is 12.3 Å². The van der Waals surface area contributed by atoms with Gasteiger partial charge >= 0.3 is 5.69 Å². The molecule has 0 aliphatic rings. The molecule has 0 atom stereocenters. The first-order valence-electron chi connectivity index (χ1n) is 10.3. The Kier molecular flexibility index (Phi) is 4.35. The van der Waals surface area contributed by atoms with Crippen molar-refractivity contribution in [1.29, 1.82) is 0 Å². The van der Waals surface area contributed by atoms with Crippen LogP contribution in [0.25, 0.3) is 38.8 Å². The number of hydrogen-bond donors (Lipinski definition) is 0. The zero-order valence-corrected chi connectivity index (χ0v) is 18.3. The fraction of sp³-hybridized carbons (Fsp3) is 0.273. The molecule has 5 aromatic rings. The van der Waals surface area contributed by atoms with Gasteiger partial charge in [0.2, 0.25) is 0 Å². The lowest BCUT2D eigenvalue weighted by atomic mass is 9.69. The van der Waals surface area contributed by atoms with E-state index in [0.29, 0.717) is 0 Å². The minimum atomic E-state index is -0.114. The highest BCUT2D eigenvalue weighted by Gasteiger charge is 2.20. The highest BCUT2D eigenvalue weighted by Crippen LogP contribution is 2.29. The first-order valence-corrected chi connectivity index (χ1v) is 10.3. The summed E-state index contributed by atoms with van der Waals surface area (Å²) < 4.78 is 7.05. The van der Waals surface area contributed by atoms with E-state index in [4.69, 9.17) is 0 Å². The van der Waals surface area contributed by atoms with E-state index in [0.717, 1.165) is 56.5 Å². The number of pyridine rings is 1. The Morgan fingerprint density at radius 2 is 1.94 bits per heavy atom. The van der Waals surface area contributed by atoms with Gasteiger partial charge in [0.15, 0.2) is 0 Å². The molecule has 0 fully saturated rings. The predicted octanol–water partition coefficient (Wildman–Crippen LogP) is 2.18. The highest BCUT2D eigenvalue weighted by atomic mass is 16.1. The Bertz CT molecular complexity index is 1520. The molecule has 0 amide bonds. The molecule has 31 heavy (non-hydrogen) atoms. The van der Waals surface area contributed by atoms with Gasteiger partial charge in [0.1, 0.15) is 7.28 Å². The van der Waals surface area contributed by atoms with E-state index in [1.807, 2.05) is 51.0 Å². The molecule has 0 aliphatic heterocycles. The van der Waals surface area contributed by atoms with Gasteiger partial charge < -0.3 is 0 Å². The van der Waals surface area contributed by atoms with E-state index in [2.05, 4.69) is 34.6 Å². The standard InChI is InChI=1S/C22H23BN7O/c1-6-29-12-20(13(2)26-29)30-21-16-7-15(14-9-25-27(4)11-14)17(23-3)8-18(16)24-10-19(21)28(5)22(30)31/h7-12H,6H2,1-5H3. The van der Waals surface area contributed by atoms with Crippen LogP contribution in [0.3, 0.4) is 0 Å². The monoisotopic (exact) mass is 412 g/mol. The van der Waals surface area contributed by atoms with E-state index in [1.165, 1.54) is 0 Å². The smallest absolute Gasteiger partial charge is 0.293 e. The van der Waals surface area contributed by atoms with E-state index in [9.17, 15) is 4.79 Å². The minimum absolute atomic E-state index is 0.114. The Labute approximate surface area is 180 Å². The van der Waals surface area contributed by atoms with Crippen molar-refractivity contribution in [1.82, 2.24) is 33.7 Å². The van der Waals surface area contributed by atoms with Gasteiger partial charge in [0.25, 0.3) is 0 Å². The molecule has 8 nitrogen and oxygen atoms in total. The predicted molar refractivity (Wildman–Crippen MR) is 123 cm³/mol. The van der Waals surface area contributed by atoms with Crippen LogP contribution in [0.5, 0.6) is 0 Å². The van der Waals surface area contributed by atoms with Crippen LogP contribution in [0, 0.1) is 6.92 Å². The van der Waals surface area contributed by atoms with Gasteiger partial charge in [-0.3, -0.25) is 23.5 Å². The zero-order chi connectivity index (χ0) is 21.9. The normalized spacial score (nSPS) is 11.6. The molecule has 0 aliphatic carbocycles. The molecular weight excluding hydrogens is 389 g/mol. The molecule has 0 unspecified atom stereocenters. The second kappa shape index (κ2) is 6.97. The fourth-order valence-electron chi connectivity index (χ4n) is 4.22. The number of rotatable bonds is 4. The van der Waals surface area contributed by atoms with Gasteiger partial charge in [-0.25, -0.2) is 4.79 Å². The van der Waals surface area contributed by atoms with Crippen LogP contribution in [-0.2, 0) is 20.6 Å². The Morgan fingerprint density at radius 1 is 1.13 bits per heavy atom.